The van der Waals surface area contributed by atoms with Crippen LogP contribution in [0, 0.1) is 0 Å². The smallest absolute Gasteiger partial charge is 0.407 e. The quantitative estimate of drug-likeness (QED) is 0.0470. The maximum absolute atomic E-state index is 15.0. The first-order valence-electron chi connectivity index (χ1n) is 26.7. The number of nitrogens with one attached hydrogen (secondary N) is 8. The van der Waals surface area contributed by atoms with Crippen LogP contribution in [0.2, 0.25) is 0 Å². The lowest BCUT2D eigenvalue weighted by Gasteiger charge is -2.33. The van der Waals surface area contributed by atoms with Gasteiger partial charge in [-0.15, -0.1) is 0 Å². The number of aromatic amines is 1. The molecule has 2 aliphatic heterocycles. The number of H-pyrrole nitrogens is 1. The Morgan fingerprint density at radius 3 is 1.90 bits per heavy atom. The van der Waals surface area contributed by atoms with Crippen molar-refractivity contribution in [3.05, 3.63) is 114 Å². The van der Waals surface area contributed by atoms with Gasteiger partial charge in [-0.1, -0.05) is 60.7 Å². The molecule has 3 aromatic carbocycles. The van der Waals surface area contributed by atoms with Crippen molar-refractivity contribution in [1.82, 2.24) is 52.0 Å². The molecule has 0 aliphatic carbocycles. The molecule has 428 valence electrons. The molecule has 10 amide bonds. The van der Waals surface area contributed by atoms with Crippen LogP contribution < -0.4 is 37.2 Å². The fourth-order valence-corrected chi connectivity index (χ4v) is 9.21. The highest BCUT2D eigenvalue weighted by molar-refractivity contribution is 6.12. The van der Waals surface area contributed by atoms with Gasteiger partial charge in [0.05, 0.1) is 6.10 Å². The summed E-state index contributed by atoms with van der Waals surface area (Å²) in [7, 11) is 1.29. The number of benzene rings is 3. The summed E-state index contributed by atoms with van der Waals surface area (Å²) in [6, 6.07) is 12.6. The summed E-state index contributed by atoms with van der Waals surface area (Å²) in [5.41, 5.74) is 1.61. The second-order valence-corrected chi connectivity index (χ2v) is 20.9. The number of carbonyl (C=O) groups excluding carboxylic acids is 10. The number of aliphatic hydroxyl groups is 1. The van der Waals surface area contributed by atoms with E-state index in [0.29, 0.717) is 23.1 Å². The van der Waals surface area contributed by atoms with Gasteiger partial charge in [0.2, 0.25) is 41.4 Å². The Morgan fingerprint density at radius 1 is 0.650 bits per heavy atom. The number of para-hydroxylation sites is 1. The molecule has 0 radical (unpaired) electrons. The zero-order chi connectivity index (χ0) is 58.1. The lowest BCUT2D eigenvalue weighted by molar-refractivity contribution is -0.144. The van der Waals surface area contributed by atoms with Gasteiger partial charge in [0.15, 0.2) is 0 Å². The Bertz CT molecular complexity index is 2880. The zero-order valence-corrected chi connectivity index (χ0v) is 45.5. The van der Waals surface area contributed by atoms with Gasteiger partial charge in [-0.3, -0.25) is 48.1 Å². The van der Waals surface area contributed by atoms with E-state index in [0.717, 1.165) is 32.9 Å². The summed E-state index contributed by atoms with van der Waals surface area (Å²) < 4.78 is 5.33. The van der Waals surface area contributed by atoms with Crippen molar-refractivity contribution in [2.24, 2.45) is 0 Å². The Labute approximate surface area is 463 Å². The van der Waals surface area contributed by atoms with Crippen LogP contribution in [-0.2, 0) is 67.2 Å². The van der Waals surface area contributed by atoms with Gasteiger partial charge >= 0.3 is 6.09 Å². The number of aromatic nitrogens is 1. The molecule has 4 aromatic rings. The third-order valence-electron chi connectivity index (χ3n) is 13.5. The molecule has 1 aromatic heterocycles. The van der Waals surface area contributed by atoms with Gasteiger partial charge in [-0.2, -0.15) is 0 Å². The van der Waals surface area contributed by atoms with E-state index in [-0.39, 0.29) is 76.8 Å². The van der Waals surface area contributed by atoms with Crippen LogP contribution in [0.3, 0.4) is 0 Å². The van der Waals surface area contributed by atoms with Crippen molar-refractivity contribution >= 4 is 70.2 Å². The summed E-state index contributed by atoms with van der Waals surface area (Å²) in [4.78, 5) is 144. The maximum atomic E-state index is 15.0. The third kappa shape index (κ3) is 17.7. The van der Waals surface area contributed by atoms with Crippen molar-refractivity contribution < 1.29 is 62.9 Å². The number of alkyl carbamates (subject to hydrolysis) is 1. The van der Waals surface area contributed by atoms with Crippen LogP contribution in [0.1, 0.15) is 82.9 Å². The first-order valence-corrected chi connectivity index (χ1v) is 26.7. The van der Waals surface area contributed by atoms with E-state index >= 15 is 0 Å². The molecule has 0 bridgehead atoms. The van der Waals surface area contributed by atoms with Crippen LogP contribution in [0.4, 0.5) is 4.79 Å². The highest BCUT2D eigenvalue weighted by Gasteiger charge is 2.39. The van der Waals surface area contributed by atoms with E-state index in [4.69, 9.17) is 4.74 Å². The molecule has 0 unspecified atom stereocenters. The molecule has 23 nitrogen and oxygen atoms in total. The average molecular weight is 1110 g/mol. The number of imide groups is 1. The third-order valence-corrected chi connectivity index (χ3v) is 13.5. The molecule has 6 rings (SSSR count). The van der Waals surface area contributed by atoms with Crippen LogP contribution in [0.25, 0.3) is 10.9 Å². The Hall–Kier alpha value is -8.60. The monoisotopic (exact) mass is 1100 g/mol. The van der Waals surface area contributed by atoms with Gasteiger partial charge in [0.1, 0.15) is 47.6 Å². The van der Waals surface area contributed by atoms with Crippen LogP contribution >= 0.6 is 0 Å². The highest BCUT2D eigenvalue weighted by atomic mass is 16.6. The van der Waals surface area contributed by atoms with Gasteiger partial charge < -0.3 is 62.1 Å². The second kappa shape index (κ2) is 28.3. The minimum atomic E-state index is -1.71. The van der Waals surface area contributed by atoms with Crippen molar-refractivity contribution in [3.8, 4) is 5.75 Å². The van der Waals surface area contributed by atoms with Crippen molar-refractivity contribution in [3.63, 3.8) is 0 Å². The van der Waals surface area contributed by atoms with Crippen molar-refractivity contribution in [1.29, 1.82) is 0 Å². The van der Waals surface area contributed by atoms with Crippen molar-refractivity contribution in [2.45, 2.75) is 133 Å². The number of ether oxygens (including phenoxy) is 1. The van der Waals surface area contributed by atoms with Crippen LogP contribution in [-0.4, -0.2) is 159 Å². The Kier molecular flexibility index (Phi) is 21.5. The summed E-state index contributed by atoms with van der Waals surface area (Å²) in [6.07, 6.45) is 1.23. The number of amides is 10. The number of fused-ring (bicyclic) bond motifs is 1. The topological polar surface area (TPSA) is 327 Å². The SMILES string of the molecule is C[C@@H](O)[C@@H]1NC(=O)[C@H](CCCCNC(=O)OC(C)(C)C)NC(=O)[C@@H](Cc2c[nH]c3ccccc23)NC(=O)[C@H](Cc2ccc(O)cc2)NC(=O)[C@H](CCC(=O)NCCCN2C(=O)C=CC2=O)N(C)C(=O)[C@H](Cc2ccccc2)NC1=O. The number of aromatic hydroxyl groups is 1. The van der Waals surface area contributed by atoms with Gasteiger partial charge in [0.25, 0.3) is 11.8 Å². The molecular weight excluding hydrogens is 1030 g/mol. The van der Waals surface area contributed by atoms with Crippen LogP contribution in [0.15, 0.2) is 97.2 Å². The molecule has 2 aliphatic rings. The van der Waals surface area contributed by atoms with Crippen molar-refractivity contribution in [2.75, 3.05) is 26.7 Å². The molecule has 0 spiro atoms. The van der Waals surface area contributed by atoms with E-state index in [1.165, 1.54) is 38.2 Å². The minimum absolute atomic E-state index is 0.0351. The average Bonchev–Trinajstić information content (AvgIpc) is 3.98. The lowest BCUT2D eigenvalue weighted by atomic mass is 9.99. The maximum Gasteiger partial charge on any atom is 0.407 e. The summed E-state index contributed by atoms with van der Waals surface area (Å²) in [5, 5.41) is 41.0. The Morgan fingerprint density at radius 2 is 1.23 bits per heavy atom. The molecule has 7 atom stereocenters. The highest BCUT2D eigenvalue weighted by Crippen LogP contribution is 2.21. The predicted octanol–water partition coefficient (Wildman–Crippen LogP) is 1.45. The zero-order valence-electron chi connectivity index (χ0n) is 45.5. The van der Waals surface area contributed by atoms with E-state index in [2.05, 4.69) is 42.2 Å². The molecule has 10 N–H and O–H groups in total. The number of carbonyl (C=O) groups is 10. The fourth-order valence-electron chi connectivity index (χ4n) is 9.21. The number of nitrogens with zero attached hydrogens (tertiary/aromatic N) is 2. The number of aliphatic hydroxyl groups excluding tert-OH is 1. The number of rotatable bonds is 19. The van der Waals surface area contributed by atoms with Gasteiger partial charge in [-0.05, 0) is 94.7 Å². The number of hydrogen-bond acceptors (Lipinski definition) is 13. The molecule has 0 saturated carbocycles. The standard InChI is InChI=1S/C57H72N10O13/c1-34(68)49-54(77)64-44(31-35-14-7-6-8-15-35)55(78)66(5)45(23-24-46(70)58-28-13-29-67-47(71)25-26-48(67)72)53(76)63-42(30-36-19-21-38(69)22-20-36)51(74)62-43(32-37-33-60-40-17-10-9-16-39(37)40)52(75)61-41(50(73)65-49)18-11-12-27-59-56(79)80-57(2,3)4/h6-10,14-17,19-22,25-26,33-34,41-45,49,60,68-69H,11-13,18,23-24,27-32H2,1-5H3,(H,58,70)(H,59,79)(H,61,75)(H,62,74)(H,63,76)(H,64,77)(H,65,73)/t34-,41+,42+,43-,44+,45+,49+/m1/s1. The number of hydrogen-bond donors (Lipinski definition) is 10. The predicted molar refractivity (Wildman–Crippen MR) is 293 cm³/mol. The largest absolute Gasteiger partial charge is 0.508 e. The summed E-state index contributed by atoms with van der Waals surface area (Å²) >= 11 is 0. The normalized spacial score (nSPS) is 21.2. The number of phenolic OH excluding ortho intramolecular Hbond substituents is 1. The second-order valence-electron chi connectivity index (χ2n) is 20.9. The minimum Gasteiger partial charge on any atom is -0.508 e. The fraction of sp³-hybridized carbons (Fsp3) is 0.439. The van der Waals surface area contributed by atoms with Gasteiger partial charge in [-0.25, -0.2) is 4.79 Å². The molecule has 23 heteroatoms. The number of likely N-dealkylation sites (N-methyl/N-ethyl adjacent to an activating group) is 1. The number of unbranched alkanes of at least 4 members (excludes halogenated alkanes) is 1. The Balaban J connectivity index is 1.37. The molecule has 1 fully saturated rings. The van der Waals surface area contributed by atoms with E-state index in [9.17, 15) is 58.2 Å². The van der Waals surface area contributed by atoms with E-state index < -0.39 is 107 Å². The summed E-state index contributed by atoms with van der Waals surface area (Å²) in [6.45, 7) is 6.61. The lowest BCUT2D eigenvalue weighted by Crippen LogP contribution is -2.63. The first-order chi connectivity index (χ1) is 38.1. The number of phenols is 1. The van der Waals surface area contributed by atoms with Gasteiger partial charge in [0, 0.05) is 81.6 Å². The molecule has 3 heterocycles. The molecule has 1 saturated heterocycles. The summed E-state index contributed by atoms with van der Waals surface area (Å²) in [5.74, 6) is -6.90. The molecule has 80 heavy (non-hydrogen) atoms. The van der Waals surface area contributed by atoms with E-state index in [1.54, 1.807) is 63.4 Å². The first kappa shape index (κ1) is 60.6. The molecular formula is C57H72N10O13. The van der Waals surface area contributed by atoms with Crippen LogP contribution in [0.5, 0.6) is 5.75 Å². The van der Waals surface area contributed by atoms with E-state index in [1.807, 2.05) is 18.2 Å².